The molecular weight excluding hydrogens is 536 g/mol. The topological polar surface area (TPSA) is 203 Å². The lowest BCUT2D eigenvalue weighted by atomic mass is 9.40. The number of rotatable bonds is 7. The van der Waals surface area contributed by atoms with E-state index in [4.69, 9.17) is 14.0 Å². The molecule has 1 heterocycles. The summed E-state index contributed by atoms with van der Waals surface area (Å²) in [6, 6.07) is 0. The standard InChI is InChI=1S/C26H44O12S/c1-23(13-36-21-19(30)18(29)20(15(11-27)37-21)38-39(33,34)35)7-3-8-24(2)16(23)6-9-25-10-14(4-5-17(24)25)26(32,12-28)22(25)31/h14-22,27-32H,3-13H2,1-2H3,(H,33,34,35)/t14-,15-,16-,17+,18-,19-,20-,21-,22-,23+,24-,25-,26+/m1/s1. The molecule has 39 heavy (non-hydrogen) atoms. The van der Waals surface area contributed by atoms with Crippen molar-refractivity contribution in [3.05, 3.63) is 0 Å². The van der Waals surface area contributed by atoms with Gasteiger partial charge in [0.1, 0.15) is 30.0 Å². The molecule has 5 rings (SSSR count). The van der Waals surface area contributed by atoms with Crippen LogP contribution in [0.4, 0.5) is 0 Å². The molecule has 12 nitrogen and oxygen atoms in total. The lowest BCUT2D eigenvalue weighted by Crippen LogP contribution is -2.62. The molecule has 4 aliphatic carbocycles. The maximum absolute atomic E-state index is 11.4. The number of ether oxygens (including phenoxy) is 2. The SMILES string of the molecule is C[C@@]1(CO[C@@H]2O[C@H](CO)[C@@H](OS(=O)(=O)O)[C@H](O)[C@H]2O)CCC[C@]2(C)[C@@H]1CC[C@@]13C[C@@H](CC[C@@H]21)[C@@](O)(CO)[C@@H]3O. The van der Waals surface area contributed by atoms with Crippen LogP contribution in [0.25, 0.3) is 0 Å². The third-order valence-electron chi connectivity index (χ3n) is 11.5. The van der Waals surface area contributed by atoms with Crippen LogP contribution in [0.15, 0.2) is 0 Å². The van der Waals surface area contributed by atoms with E-state index in [1.807, 2.05) is 0 Å². The van der Waals surface area contributed by atoms with Gasteiger partial charge in [-0.15, -0.1) is 0 Å². The van der Waals surface area contributed by atoms with E-state index in [1.54, 1.807) is 0 Å². The molecular formula is C26H44O12S. The number of aliphatic hydroxyl groups is 6. The van der Waals surface area contributed by atoms with E-state index < -0.39 is 71.4 Å². The Morgan fingerprint density at radius 2 is 1.69 bits per heavy atom. The lowest BCUT2D eigenvalue weighted by Gasteiger charge is -2.64. The predicted molar refractivity (Wildman–Crippen MR) is 134 cm³/mol. The minimum Gasteiger partial charge on any atom is -0.394 e. The van der Waals surface area contributed by atoms with Gasteiger partial charge in [-0.25, -0.2) is 4.18 Å². The van der Waals surface area contributed by atoms with E-state index in [-0.39, 0.29) is 35.2 Å². The van der Waals surface area contributed by atoms with Crippen LogP contribution in [0.5, 0.6) is 0 Å². The highest BCUT2D eigenvalue weighted by Gasteiger charge is 2.71. The van der Waals surface area contributed by atoms with E-state index in [0.29, 0.717) is 6.42 Å². The van der Waals surface area contributed by atoms with Crippen LogP contribution in [0.2, 0.25) is 0 Å². The van der Waals surface area contributed by atoms with Gasteiger partial charge in [-0.3, -0.25) is 4.55 Å². The second-order valence-corrected chi connectivity index (χ2v) is 14.5. The van der Waals surface area contributed by atoms with Crippen molar-refractivity contribution in [2.45, 2.75) is 108 Å². The average Bonchev–Trinajstić information content (AvgIpc) is 3.03. The van der Waals surface area contributed by atoms with Crippen molar-refractivity contribution in [1.82, 2.24) is 0 Å². The summed E-state index contributed by atoms with van der Waals surface area (Å²) in [5, 5.41) is 63.4. The van der Waals surface area contributed by atoms with Crippen LogP contribution in [-0.4, -0.2) is 106 Å². The molecule has 7 N–H and O–H groups in total. The van der Waals surface area contributed by atoms with Crippen LogP contribution < -0.4 is 0 Å². The first-order valence-electron chi connectivity index (χ1n) is 14.1. The summed E-state index contributed by atoms with van der Waals surface area (Å²) in [4.78, 5) is 0. The highest BCUT2D eigenvalue weighted by molar-refractivity contribution is 7.80. The van der Waals surface area contributed by atoms with Gasteiger partial charge in [0.15, 0.2) is 6.29 Å². The summed E-state index contributed by atoms with van der Waals surface area (Å²) in [6.45, 7) is 3.40. The molecule has 5 aliphatic rings. The van der Waals surface area contributed by atoms with Gasteiger partial charge < -0.3 is 40.1 Å². The van der Waals surface area contributed by atoms with Crippen LogP contribution in [0.3, 0.4) is 0 Å². The zero-order chi connectivity index (χ0) is 28.6. The van der Waals surface area contributed by atoms with E-state index in [9.17, 15) is 39.1 Å². The smallest absolute Gasteiger partial charge is 0.394 e. The van der Waals surface area contributed by atoms with Crippen molar-refractivity contribution in [3.63, 3.8) is 0 Å². The third kappa shape index (κ3) is 4.60. The molecule has 13 heteroatoms. The molecule has 0 amide bonds. The lowest BCUT2D eigenvalue weighted by molar-refractivity contribution is -0.307. The number of hydrogen-bond acceptors (Lipinski definition) is 11. The Bertz CT molecular complexity index is 1020. The fourth-order valence-corrected chi connectivity index (χ4v) is 10.4. The molecule has 0 unspecified atom stereocenters. The molecule has 1 aliphatic heterocycles. The Morgan fingerprint density at radius 1 is 0.974 bits per heavy atom. The number of hydrogen-bond donors (Lipinski definition) is 7. The largest absolute Gasteiger partial charge is 0.397 e. The Labute approximate surface area is 229 Å². The monoisotopic (exact) mass is 580 g/mol. The normalized spacial score (nSPS) is 53.7. The van der Waals surface area contributed by atoms with Crippen LogP contribution in [0, 0.1) is 34.0 Å². The first kappa shape index (κ1) is 30.0. The number of fused-ring (bicyclic) bond motifs is 3. The molecule has 0 aromatic rings. The second-order valence-electron chi connectivity index (χ2n) is 13.4. The van der Waals surface area contributed by atoms with Gasteiger partial charge in [0.25, 0.3) is 0 Å². The van der Waals surface area contributed by atoms with Crippen molar-refractivity contribution >= 4 is 10.4 Å². The second kappa shape index (κ2) is 10.1. The predicted octanol–water partition coefficient (Wildman–Crippen LogP) is -0.263. The fourth-order valence-electron chi connectivity index (χ4n) is 9.84. The molecule has 1 spiro atoms. The molecule has 2 bridgehead atoms. The van der Waals surface area contributed by atoms with Gasteiger partial charge in [-0.2, -0.15) is 8.42 Å². The summed E-state index contributed by atoms with van der Waals surface area (Å²) in [5.41, 5.74) is -2.38. The van der Waals surface area contributed by atoms with Gasteiger partial charge >= 0.3 is 10.4 Å². The molecule has 226 valence electrons. The maximum Gasteiger partial charge on any atom is 0.397 e. The highest BCUT2D eigenvalue weighted by Crippen LogP contribution is 2.72. The maximum atomic E-state index is 11.4. The molecule has 0 aromatic carbocycles. The van der Waals surface area contributed by atoms with E-state index in [2.05, 4.69) is 18.0 Å². The van der Waals surface area contributed by atoms with Crippen molar-refractivity contribution in [2.24, 2.45) is 34.0 Å². The van der Waals surface area contributed by atoms with Gasteiger partial charge in [0, 0.05) is 5.41 Å². The van der Waals surface area contributed by atoms with Gasteiger partial charge in [-0.1, -0.05) is 20.3 Å². The summed E-state index contributed by atoms with van der Waals surface area (Å²) >= 11 is 0. The molecule has 13 atom stereocenters. The molecule has 0 aromatic heterocycles. The Morgan fingerprint density at radius 3 is 2.33 bits per heavy atom. The van der Waals surface area contributed by atoms with Crippen LogP contribution >= 0.6 is 0 Å². The molecule has 4 saturated carbocycles. The number of aliphatic hydroxyl groups excluding tert-OH is 5. The Balaban J connectivity index is 1.33. The Hall–Kier alpha value is -0.450. The van der Waals surface area contributed by atoms with Gasteiger partial charge in [0.2, 0.25) is 0 Å². The van der Waals surface area contributed by atoms with Crippen molar-refractivity contribution in [2.75, 3.05) is 19.8 Å². The zero-order valence-corrected chi connectivity index (χ0v) is 23.4. The summed E-state index contributed by atoms with van der Waals surface area (Å²) in [6.07, 6.45) is -2.28. The first-order chi connectivity index (χ1) is 18.1. The molecule has 1 saturated heterocycles. The van der Waals surface area contributed by atoms with E-state index in [1.165, 1.54) is 0 Å². The average molecular weight is 581 g/mol. The van der Waals surface area contributed by atoms with Gasteiger partial charge in [-0.05, 0) is 73.5 Å². The first-order valence-corrected chi connectivity index (χ1v) is 15.4. The third-order valence-corrected chi connectivity index (χ3v) is 12.0. The summed E-state index contributed by atoms with van der Waals surface area (Å²) in [5.74, 6) is 0.262. The minimum absolute atomic E-state index is 0.114. The molecule has 5 fully saturated rings. The Kier molecular flexibility index (Phi) is 7.76. The highest BCUT2D eigenvalue weighted by atomic mass is 32.3. The summed E-state index contributed by atoms with van der Waals surface area (Å²) < 4.78 is 47.5. The van der Waals surface area contributed by atoms with E-state index >= 15 is 0 Å². The van der Waals surface area contributed by atoms with Crippen molar-refractivity contribution < 1.29 is 57.3 Å². The quantitative estimate of drug-likeness (QED) is 0.195. The van der Waals surface area contributed by atoms with Crippen LogP contribution in [-0.2, 0) is 24.1 Å². The summed E-state index contributed by atoms with van der Waals surface area (Å²) in [7, 11) is -4.98. The van der Waals surface area contributed by atoms with Gasteiger partial charge in [0.05, 0.1) is 25.9 Å². The fraction of sp³-hybridized carbons (Fsp3) is 1.00. The van der Waals surface area contributed by atoms with E-state index in [0.717, 1.165) is 44.9 Å². The molecule has 0 radical (unpaired) electrons. The zero-order valence-electron chi connectivity index (χ0n) is 22.6. The minimum atomic E-state index is -4.98. The van der Waals surface area contributed by atoms with Crippen molar-refractivity contribution in [3.8, 4) is 0 Å². The van der Waals surface area contributed by atoms with Crippen LogP contribution in [0.1, 0.15) is 65.2 Å². The van der Waals surface area contributed by atoms with Crippen molar-refractivity contribution in [1.29, 1.82) is 0 Å².